The number of ether oxygens (including phenoxy) is 2. The lowest BCUT2D eigenvalue weighted by molar-refractivity contribution is -0.145. The van der Waals surface area contributed by atoms with Crippen LogP contribution in [-0.2, 0) is 9.47 Å². The molecule has 2 aliphatic heterocycles. The van der Waals surface area contributed by atoms with Crippen molar-refractivity contribution < 1.29 is 29.9 Å². The van der Waals surface area contributed by atoms with Crippen molar-refractivity contribution in [2.45, 2.75) is 69.4 Å². The van der Waals surface area contributed by atoms with Crippen LogP contribution in [0.2, 0.25) is 0 Å². The third-order valence-electron chi connectivity index (χ3n) is 4.50. The van der Waals surface area contributed by atoms with Crippen LogP contribution in [0.3, 0.4) is 0 Å². The molecule has 0 aromatic carbocycles. The number of aliphatic hydroxyl groups is 4. The van der Waals surface area contributed by atoms with E-state index in [2.05, 4.69) is 0 Å². The molecule has 0 bridgehead atoms. The van der Waals surface area contributed by atoms with Crippen LogP contribution in [0.5, 0.6) is 0 Å². The number of likely N-dealkylation sites (tertiary alicyclic amines) is 1. The van der Waals surface area contributed by atoms with E-state index in [0.717, 1.165) is 19.3 Å². The zero-order valence-electron chi connectivity index (χ0n) is 13.4. The summed E-state index contributed by atoms with van der Waals surface area (Å²) in [6, 6.07) is -0.525. The quantitative estimate of drug-likeness (QED) is 0.469. The maximum Gasteiger partial charge on any atom is 0.163 e. The predicted molar refractivity (Wildman–Crippen MR) is 79.2 cm³/mol. The zero-order valence-corrected chi connectivity index (χ0v) is 13.4. The van der Waals surface area contributed by atoms with Crippen molar-refractivity contribution in [3.05, 3.63) is 0 Å². The second kappa shape index (κ2) is 7.53. The first-order chi connectivity index (χ1) is 10.3. The van der Waals surface area contributed by atoms with E-state index < -0.39 is 30.1 Å². The molecule has 2 rings (SSSR count). The van der Waals surface area contributed by atoms with Crippen molar-refractivity contribution in [2.75, 3.05) is 26.3 Å². The summed E-state index contributed by atoms with van der Waals surface area (Å²) in [4.78, 5) is 1.85. The van der Waals surface area contributed by atoms with Crippen LogP contribution in [0.4, 0.5) is 0 Å². The molecule has 0 aromatic rings. The summed E-state index contributed by atoms with van der Waals surface area (Å²) in [5.74, 6) is -0.496. The Labute approximate surface area is 131 Å². The van der Waals surface area contributed by atoms with Gasteiger partial charge in [0.25, 0.3) is 0 Å². The van der Waals surface area contributed by atoms with Gasteiger partial charge in [-0.05, 0) is 39.7 Å². The molecule has 4 N–H and O–H groups in total. The van der Waals surface area contributed by atoms with Crippen LogP contribution >= 0.6 is 0 Å². The van der Waals surface area contributed by atoms with Crippen molar-refractivity contribution in [1.82, 2.24) is 4.90 Å². The van der Waals surface area contributed by atoms with E-state index in [-0.39, 0.29) is 19.3 Å². The Hall–Kier alpha value is -0.280. The second-order valence-electron chi connectivity index (χ2n) is 6.74. The van der Waals surface area contributed by atoms with Gasteiger partial charge >= 0.3 is 0 Å². The van der Waals surface area contributed by atoms with Gasteiger partial charge in [0.05, 0.1) is 31.5 Å². The Morgan fingerprint density at radius 2 is 1.86 bits per heavy atom. The number of nitrogens with zero attached hydrogens (tertiary/aromatic N) is 1. The molecule has 130 valence electrons. The Balaban J connectivity index is 1.71. The molecule has 1 unspecified atom stereocenters. The smallest absolute Gasteiger partial charge is 0.163 e. The molecule has 7 heteroatoms. The number of piperidine rings is 1. The van der Waals surface area contributed by atoms with E-state index in [9.17, 15) is 20.4 Å². The van der Waals surface area contributed by atoms with Crippen LogP contribution in [0, 0.1) is 0 Å². The van der Waals surface area contributed by atoms with Gasteiger partial charge in [-0.3, -0.25) is 4.90 Å². The zero-order chi connectivity index (χ0) is 16.3. The molecule has 5 atom stereocenters. The number of unbranched alkanes of at least 4 members (excludes halogenated alkanes) is 1. The first-order valence-corrected chi connectivity index (χ1v) is 8.05. The molecule has 0 spiro atoms. The predicted octanol–water partition coefficient (Wildman–Crippen LogP) is -0.933. The van der Waals surface area contributed by atoms with Gasteiger partial charge in [-0.2, -0.15) is 0 Å². The minimum Gasteiger partial charge on any atom is -0.395 e. The highest BCUT2D eigenvalue weighted by atomic mass is 16.7. The van der Waals surface area contributed by atoms with Gasteiger partial charge in [-0.1, -0.05) is 0 Å². The minimum atomic E-state index is -1.19. The van der Waals surface area contributed by atoms with Crippen LogP contribution in [0.1, 0.15) is 33.1 Å². The van der Waals surface area contributed by atoms with E-state index in [1.807, 2.05) is 18.7 Å². The molecule has 2 saturated heterocycles. The molecule has 2 heterocycles. The summed E-state index contributed by atoms with van der Waals surface area (Å²) in [7, 11) is 0. The summed E-state index contributed by atoms with van der Waals surface area (Å²) in [5, 5.41) is 38.7. The Morgan fingerprint density at radius 3 is 2.45 bits per heavy atom. The van der Waals surface area contributed by atoms with Crippen molar-refractivity contribution in [3.63, 3.8) is 0 Å². The Kier molecular flexibility index (Phi) is 6.18. The number of aliphatic hydroxyl groups excluding tert-OH is 4. The maximum absolute atomic E-state index is 9.92. The van der Waals surface area contributed by atoms with Crippen molar-refractivity contribution in [2.24, 2.45) is 0 Å². The molecule has 0 aromatic heterocycles. The Morgan fingerprint density at radius 1 is 1.14 bits per heavy atom. The largest absolute Gasteiger partial charge is 0.395 e. The monoisotopic (exact) mass is 319 g/mol. The molecule has 0 radical (unpaired) electrons. The van der Waals surface area contributed by atoms with Crippen molar-refractivity contribution >= 4 is 0 Å². The second-order valence-corrected chi connectivity index (χ2v) is 6.74. The van der Waals surface area contributed by atoms with Crippen LogP contribution < -0.4 is 0 Å². The minimum absolute atomic E-state index is 0.114. The van der Waals surface area contributed by atoms with E-state index in [1.165, 1.54) is 0 Å². The fraction of sp³-hybridized carbons (Fsp3) is 1.00. The van der Waals surface area contributed by atoms with Crippen LogP contribution in [0.15, 0.2) is 0 Å². The SMILES string of the molecule is CC1(C)OCC(CCCCN2C[C@H](O)[C@@H](O)[C@H](O)[C@H]2CO)O1. The number of hydrogen-bond donors (Lipinski definition) is 4. The van der Waals surface area contributed by atoms with Gasteiger partial charge in [0, 0.05) is 6.54 Å². The molecule has 0 aliphatic carbocycles. The number of rotatable bonds is 6. The van der Waals surface area contributed by atoms with Gasteiger partial charge in [0.15, 0.2) is 5.79 Å². The Bertz CT molecular complexity index is 353. The van der Waals surface area contributed by atoms with Crippen molar-refractivity contribution in [1.29, 1.82) is 0 Å². The van der Waals surface area contributed by atoms with Gasteiger partial charge in [0.2, 0.25) is 0 Å². The third-order valence-corrected chi connectivity index (χ3v) is 4.50. The molecule has 2 aliphatic rings. The van der Waals surface area contributed by atoms with E-state index in [0.29, 0.717) is 13.2 Å². The van der Waals surface area contributed by atoms with Crippen LogP contribution in [0.25, 0.3) is 0 Å². The lowest BCUT2D eigenvalue weighted by atomic mass is 9.94. The molecule has 2 fully saturated rings. The van der Waals surface area contributed by atoms with Crippen LogP contribution in [-0.4, -0.2) is 87.9 Å². The standard InChI is InChI=1S/C15H29NO6/c1-15(2)21-9-10(22-15)5-3-4-6-16-7-12(18)14(20)13(19)11(16)8-17/h10-14,17-20H,3-9H2,1-2H3/t10?,11-,12+,13-,14-/m1/s1. The van der Waals surface area contributed by atoms with Gasteiger partial charge in [-0.15, -0.1) is 0 Å². The van der Waals surface area contributed by atoms with Gasteiger partial charge < -0.3 is 29.9 Å². The van der Waals surface area contributed by atoms with Gasteiger partial charge in [-0.25, -0.2) is 0 Å². The van der Waals surface area contributed by atoms with E-state index in [4.69, 9.17) is 9.47 Å². The summed E-state index contributed by atoms with van der Waals surface area (Å²) >= 11 is 0. The molecule has 0 amide bonds. The van der Waals surface area contributed by atoms with Gasteiger partial charge in [0.1, 0.15) is 12.2 Å². The number of β-amino-alcohol motifs (C(OH)–C–C–N with tert-alkyl or cyclic N) is 1. The summed E-state index contributed by atoms with van der Waals surface area (Å²) in [5.41, 5.74) is 0. The first kappa shape index (κ1) is 18.1. The molecule has 22 heavy (non-hydrogen) atoms. The first-order valence-electron chi connectivity index (χ1n) is 8.05. The lowest BCUT2D eigenvalue weighted by Gasteiger charge is -2.43. The molecular formula is C15H29NO6. The number of hydrogen-bond acceptors (Lipinski definition) is 7. The summed E-state index contributed by atoms with van der Waals surface area (Å²) in [6.07, 6.45) is -0.483. The topological polar surface area (TPSA) is 103 Å². The third kappa shape index (κ3) is 4.38. The normalized spacial score (nSPS) is 39.3. The summed E-state index contributed by atoms with van der Waals surface area (Å²) in [6.45, 7) is 5.10. The van der Waals surface area contributed by atoms with E-state index in [1.54, 1.807) is 0 Å². The summed E-state index contributed by atoms with van der Waals surface area (Å²) < 4.78 is 11.3. The molecule has 0 saturated carbocycles. The average molecular weight is 319 g/mol. The maximum atomic E-state index is 9.92. The lowest BCUT2D eigenvalue weighted by Crippen LogP contribution is -2.62. The highest BCUT2D eigenvalue weighted by Gasteiger charge is 2.40. The highest BCUT2D eigenvalue weighted by Crippen LogP contribution is 2.25. The van der Waals surface area contributed by atoms with Crippen molar-refractivity contribution in [3.8, 4) is 0 Å². The highest BCUT2D eigenvalue weighted by molar-refractivity contribution is 4.94. The molecule has 7 nitrogen and oxygen atoms in total. The average Bonchev–Trinajstić information content (AvgIpc) is 2.80. The molecular weight excluding hydrogens is 290 g/mol. The fourth-order valence-electron chi connectivity index (χ4n) is 3.23. The fourth-order valence-corrected chi connectivity index (χ4v) is 3.23. The van der Waals surface area contributed by atoms with E-state index >= 15 is 0 Å².